The molecule has 0 aromatic heterocycles. The van der Waals surface area contributed by atoms with Gasteiger partial charge < -0.3 is 10.2 Å². The molecule has 0 spiro atoms. The van der Waals surface area contributed by atoms with E-state index in [0.29, 0.717) is 11.6 Å². The highest BCUT2D eigenvalue weighted by atomic mass is 35.5. The summed E-state index contributed by atoms with van der Waals surface area (Å²) in [6, 6.07) is 4.78. The molecule has 1 aromatic carbocycles. The zero-order valence-corrected chi connectivity index (χ0v) is 12.5. The quantitative estimate of drug-likeness (QED) is 0.849. The van der Waals surface area contributed by atoms with Crippen molar-refractivity contribution in [3.63, 3.8) is 0 Å². The molecule has 0 fully saturated rings. The Hall–Kier alpha value is -1.55. The first kappa shape index (κ1) is 14.9. The van der Waals surface area contributed by atoms with Crippen LogP contribution in [0.25, 0.3) is 0 Å². The van der Waals surface area contributed by atoms with Gasteiger partial charge in [-0.1, -0.05) is 31.4 Å². The van der Waals surface area contributed by atoms with Crippen molar-refractivity contribution in [2.75, 3.05) is 11.4 Å². The number of nitrogens with zero attached hydrogens (tertiary/aromatic N) is 1. The van der Waals surface area contributed by atoms with Gasteiger partial charge >= 0.3 is 0 Å². The van der Waals surface area contributed by atoms with Gasteiger partial charge in [-0.15, -0.1) is 0 Å². The first-order valence-corrected chi connectivity index (χ1v) is 7.30. The largest absolute Gasteiger partial charge is 0.341 e. The molecule has 2 amide bonds. The van der Waals surface area contributed by atoms with E-state index in [0.717, 1.165) is 30.5 Å². The number of amides is 2. The number of unbranched alkanes of at least 4 members (excludes halogenated alkanes) is 2. The van der Waals surface area contributed by atoms with Crippen LogP contribution >= 0.6 is 11.6 Å². The normalized spacial score (nSPS) is 17.2. The van der Waals surface area contributed by atoms with E-state index in [1.54, 1.807) is 17.0 Å². The van der Waals surface area contributed by atoms with E-state index < -0.39 is 6.04 Å². The molecule has 0 radical (unpaired) electrons. The fraction of sp³-hybridized carbons (Fsp3) is 0.467. The summed E-state index contributed by atoms with van der Waals surface area (Å²) < 4.78 is 0. The number of carbonyl (C=O) groups excluding carboxylic acids is 2. The van der Waals surface area contributed by atoms with E-state index in [2.05, 4.69) is 12.2 Å². The van der Waals surface area contributed by atoms with Crippen LogP contribution in [0.3, 0.4) is 0 Å². The number of halogens is 1. The molecule has 1 atom stereocenters. The number of nitrogens with one attached hydrogen (secondary N) is 1. The molecular formula is C15H19ClN2O2. The average Bonchev–Trinajstić information content (AvgIpc) is 2.63. The van der Waals surface area contributed by atoms with E-state index in [9.17, 15) is 9.59 Å². The molecule has 5 heteroatoms. The molecule has 0 saturated heterocycles. The van der Waals surface area contributed by atoms with E-state index in [1.165, 1.54) is 6.92 Å². The number of hydrogen-bond acceptors (Lipinski definition) is 2. The Morgan fingerprint density at radius 2 is 2.15 bits per heavy atom. The molecule has 1 heterocycles. The number of carbonyl (C=O) groups is 2. The van der Waals surface area contributed by atoms with E-state index in [1.807, 2.05) is 6.07 Å². The van der Waals surface area contributed by atoms with Gasteiger partial charge in [0.15, 0.2) is 0 Å². The summed E-state index contributed by atoms with van der Waals surface area (Å²) in [5.74, 6) is -0.293. The molecule has 20 heavy (non-hydrogen) atoms. The summed E-state index contributed by atoms with van der Waals surface area (Å²) in [5, 5.41) is 3.28. The molecule has 108 valence electrons. The molecular weight excluding hydrogens is 276 g/mol. The van der Waals surface area contributed by atoms with Gasteiger partial charge in [0, 0.05) is 29.7 Å². The fourth-order valence-electron chi connectivity index (χ4n) is 2.50. The molecule has 2 rings (SSSR count). The molecule has 1 aliphatic rings. The van der Waals surface area contributed by atoms with Gasteiger partial charge in [0.05, 0.1) is 0 Å². The standard InChI is InChI=1S/C15H19ClN2O2/c1-3-4-5-8-18-13-7-6-11(16)9-12(13)14(15(18)20)17-10(2)19/h6-7,9,14H,3-5,8H2,1-2H3,(H,17,19)/t14-/m1/s1. The van der Waals surface area contributed by atoms with Crippen molar-refractivity contribution >= 4 is 29.1 Å². The van der Waals surface area contributed by atoms with Gasteiger partial charge in [-0.3, -0.25) is 9.59 Å². The number of hydrogen-bond donors (Lipinski definition) is 1. The Balaban J connectivity index is 2.28. The van der Waals surface area contributed by atoms with Crippen LogP contribution in [-0.4, -0.2) is 18.4 Å². The van der Waals surface area contributed by atoms with Crippen LogP contribution in [0.2, 0.25) is 5.02 Å². The second-order valence-electron chi connectivity index (χ2n) is 5.03. The van der Waals surface area contributed by atoms with Gasteiger partial charge in [-0.05, 0) is 24.6 Å². The van der Waals surface area contributed by atoms with E-state index in [4.69, 9.17) is 11.6 Å². The topological polar surface area (TPSA) is 49.4 Å². The second-order valence-corrected chi connectivity index (χ2v) is 5.47. The molecule has 0 aliphatic carbocycles. The molecule has 1 aliphatic heterocycles. The summed E-state index contributed by atoms with van der Waals surface area (Å²) in [6.45, 7) is 4.22. The lowest BCUT2D eigenvalue weighted by molar-refractivity contribution is -0.126. The highest BCUT2D eigenvalue weighted by molar-refractivity contribution is 6.31. The second kappa shape index (κ2) is 6.27. The summed E-state index contributed by atoms with van der Waals surface area (Å²) in [6.07, 6.45) is 3.14. The lowest BCUT2D eigenvalue weighted by Crippen LogP contribution is -2.37. The highest BCUT2D eigenvalue weighted by Crippen LogP contribution is 2.37. The molecule has 0 bridgehead atoms. The average molecular weight is 295 g/mol. The molecule has 0 saturated carbocycles. The van der Waals surface area contributed by atoms with Crippen LogP contribution in [0.4, 0.5) is 5.69 Å². The van der Waals surface area contributed by atoms with Gasteiger partial charge in [-0.25, -0.2) is 0 Å². The van der Waals surface area contributed by atoms with Gasteiger partial charge in [0.25, 0.3) is 5.91 Å². The minimum atomic E-state index is -0.608. The van der Waals surface area contributed by atoms with Gasteiger partial charge in [0.1, 0.15) is 6.04 Å². The Morgan fingerprint density at radius 3 is 2.80 bits per heavy atom. The maximum Gasteiger partial charge on any atom is 0.254 e. The third-order valence-electron chi connectivity index (χ3n) is 3.44. The van der Waals surface area contributed by atoms with Crippen LogP contribution in [0.1, 0.15) is 44.7 Å². The smallest absolute Gasteiger partial charge is 0.254 e. The third-order valence-corrected chi connectivity index (χ3v) is 3.67. The molecule has 0 unspecified atom stereocenters. The summed E-state index contributed by atoms with van der Waals surface area (Å²) in [4.78, 5) is 25.5. The SMILES string of the molecule is CCCCCN1C(=O)[C@H](NC(C)=O)c2cc(Cl)ccc21. The Labute approximate surface area is 124 Å². The number of benzene rings is 1. The number of fused-ring (bicyclic) bond motifs is 1. The van der Waals surface area contributed by atoms with E-state index >= 15 is 0 Å². The van der Waals surface area contributed by atoms with Crippen molar-refractivity contribution in [2.45, 2.75) is 39.2 Å². The minimum Gasteiger partial charge on any atom is -0.341 e. The van der Waals surface area contributed by atoms with E-state index in [-0.39, 0.29) is 11.8 Å². The van der Waals surface area contributed by atoms with Crippen molar-refractivity contribution in [3.8, 4) is 0 Å². The van der Waals surface area contributed by atoms with Crippen LogP contribution in [-0.2, 0) is 9.59 Å². The van der Waals surface area contributed by atoms with Crippen molar-refractivity contribution in [2.24, 2.45) is 0 Å². The lowest BCUT2D eigenvalue weighted by Gasteiger charge is -2.17. The minimum absolute atomic E-state index is 0.0754. The Morgan fingerprint density at radius 1 is 1.40 bits per heavy atom. The summed E-state index contributed by atoms with van der Waals surface area (Å²) in [7, 11) is 0. The van der Waals surface area contributed by atoms with Crippen molar-refractivity contribution in [3.05, 3.63) is 28.8 Å². The predicted molar refractivity (Wildman–Crippen MR) is 79.9 cm³/mol. The maximum atomic E-state index is 12.5. The van der Waals surface area contributed by atoms with Crippen LogP contribution in [0.15, 0.2) is 18.2 Å². The van der Waals surface area contributed by atoms with Crippen molar-refractivity contribution in [1.82, 2.24) is 5.32 Å². The molecule has 4 nitrogen and oxygen atoms in total. The number of rotatable bonds is 5. The lowest BCUT2D eigenvalue weighted by atomic mass is 10.1. The monoisotopic (exact) mass is 294 g/mol. The first-order chi connectivity index (χ1) is 9.54. The van der Waals surface area contributed by atoms with Gasteiger partial charge in [0.2, 0.25) is 5.91 Å². The van der Waals surface area contributed by atoms with Crippen LogP contribution in [0.5, 0.6) is 0 Å². The molecule has 1 aromatic rings. The highest BCUT2D eigenvalue weighted by Gasteiger charge is 2.37. The third kappa shape index (κ3) is 2.96. The van der Waals surface area contributed by atoms with Crippen molar-refractivity contribution < 1.29 is 9.59 Å². The summed E-state index contributed by atoms with van der Waals surface area (Å²) in [5.41, 5.74) is 1.64. The zero-order chi connectivity index (χ0) is 14.7. The summed E-state index contributed by atoms with van der Waals surface area (Å²) >= 11 is 6.00. The Kier molecular flexibility index (Phi) is 4.65. The predicted octanol–water partition coefficient (Wildman–Crippen LogP) is 3.05. The van der Waals surface area contributed by atoms with Crippen LogP contribution < -0.4 is 10.2 Å². The zero-order valence-electron chi connectivity index (χ0n) is 11.8. The Bertz CT molecular complexity index is 531. The van der Waals surface area contributed by atoms with Crippen molar-refractivity contribution in [1.29, 1.82) is 0 Å². The molecule has 1 N–H and O–H groups in total. The maximum absolute atomic E-state index is 12.5. The fourth-order valence-corrected chi connectivity index (χ4v) is 2.68. The van der Waals surface area contributed by atoms with Gasteiger partial charge in [-0.2, -0.15) is 0 Å². The van der Waals surface area contributed by atoms with Crippen LogP contribution in [0, 0.1) is 0 Å². The first-order valence-electron chi connectivity index (χ1n) is 6.92. The number of anilines is 1.